The van der Waals surface area contributed by atoms with Crippen LogP contribution in [0.25, 0.3) is 0 Å². The van der Waals surface area contributed by atoms with Gasteiger partial charge in [0.05, 0.1) is 10.9 Å². The number of rotatable bonds is 4. The molecule has 0 aliphatic carbocycles. The first kappa shape index (κ1) is 12.7. The van der Waals surface area contributed by atoms with Gasteiger partial charge in [-0.2, -0.15) is 0 Å². The fraction of sp³-hybridized carbons (Fsp3) is 0.286. The number of hydrogen-bond donors (Lipinski definition) is 0. The molecule has 0 bridgehead atoms. The van der Waals surface area contributed by atoms with Crippen LogP contribution in [0.4, 0.5) is 0 Å². The molecule has 0 saturated heterocycles. The zero-order chi connectivity index (χ0) is 12.3. The van der Waals surface area contributed by atoms with Crippen LogP contribution in [-0.4, -0.2) is 6.10 Å². The molecule has 17 heavy (non-hydrogen) atoms. The minimum absolute atomic E-state index is 0.220. The summed E-state index contributed by atoms with van der Waals surface area (Å²) in [7, 11) is 0. The highest BCUT2D eigenvalue weighted by atomic mass is 79.9. The van der Waals surface area contributed by atoms with Gasteiger partial charge in [0, 0.05) is 4.88 Å². The quantitative estimate of drug-likeness (QED) is 0.720. The Morgan fingerprint density at radius 1 is 1.12 bits per heavy atom. The summed E-state index contributed by atoms with van der Waals surface area (Å²) in [6.07, 6.45) is 0.220. The van der Waals surface area contributed by atoms with Crippen LogP contribution in [0.1, 0.15) is 29.1 Å². The van der Waals surface area contributed by atoms with Crippen LogP contribution in [0.15, 0.2) is 41.8 Å². The summed E-state index contributed by atoms with van der Waals surface area (Å²) in [4.78, 5) is 1.60. The second kappa shape index (κ2) is 5.69. The van der Waals surface area contributed by atoms with Gasteiger partial charge in [-0.1, -0.05) is 34.1 Å². The van der Waals surface area contributed by atoms with Crippen molar-refractivity contribution < 1.29 is 4.74 Å². The predicted molar refractivity (Wildman–Crippen MR) is 77.3 cm³/mol. The van der Waals surface area contributed by atoms with Gasteiger partial charge in [-0.15, -0.1) is 11.3 Å². The fourth-order valence-electron chi connectivity index (χ4n) is 1.59. The van der Waals surface area contributed by atoms with E-state index < -0.39 is 0 Å². The van der Waals surface area contributed by atoms with Gasteiger partial charge in [0.2, 0.25) is 0 Å². The van der Waals surface area contributed by atoms with Crippen molar-refractivity contribution in [1.82, 2.24) is 0 Å². The molecule has 0 N–H and O–H groups in total. The summed E-state index contributed by atoms with van der Waals surface area (Å²) in [5, 5.41) is 2.10. The van der Waals surface area contributed by atoms with Crippen LogP contribution in [0, 0.1) is 0 Å². The maximum absolute atomic E-state index is 5.63. The standard InChI is InChI=1S/C14H15BrOS/c1-10(2)16-12-7-5-11(6-8-12)14(15)13-4-3-9-17-13/h3-10,14H,1-2H3. The highest BCUT2D eigenvalue weighted by Gasteiger charge is 2.11. The first-order valence-corrected chi connectivity index (χ1v) is 7.40. The van der Waals surface area contributed by atoms with Gasteiger partial charge in [0.15, 0.2) is 0 Å². The second-order valence-electron chi connectivity index (χ2n) is 4.11. The first-order chi connectivity index (χ1) is 8.16. The van der Waals surface area contributed by atoms with E-state index in [1.54, 1.807) is 11.3 Å². The molecule has 0 amide bonds. The lowest BCUT2D eigenvalue weighted by Gasteiger charge is -2.12. The molecule has 1 unspecified atom stereocenters. The number of thiophene rings is 1. The third kappa shape index (κ3) is 3.33. The third-order valence-electron chi connectivity index (χ3n) is 2.34. The molecule has 0 saturated carbocycles. The molecule has 1 heterocycles. The minimum atomic E-state index is 0.220. The summed E-state index contributed by atoms with van der Waals surface area (Å²) in [5.74, 6) is 0.926. The summed E-state index contributed by atoms with van der Waals surface area (Å²) in [6.45, 7) is 4.07. The first-order valence-electron chi connectivity index (χ1n) is 5.61. The highest BCUT2D eigenvalue weighted by molar-refractivity contribution is 9.09. The van der Waals surface area contributed by atoms with Gasteiger partial charge in [0.25, 0.3) is 0 Å². The lowest BCUT2D eigenvalue weighted by atomic mass is 10.1. The van der Waals surface area contributed by atoms with E-state index >= 15 is 0 Å². The molecule has 0 fully saturated rings. The van der Waals surface area contributed by atoms with Crippen molar-refractivity contribution in [2.75, 3.05) is 0 Å². The smallest absolute Gasteiger partial charge is 0.119 e. The lowest BCUT2D eigenvalue weighted by molar-refractivity contribution is 0.242. The second-order valence-corrected chi connectivity index (χ2v) is 6.01. The van der Waals surface area contributed by atoms with Crippen LogP contribution >= 0.6 is 27.3 Å². The summed E-state index contributed by atoms with van der Waals surface area (Å²) in [6, 6.07) is 12.5. The molecule has 3 heteroatoms. The van der Waals surface area contributed by atoms with E-state index in [0.29, 0.717) is 0 Å². The molecule has 2 aromatic rings. The van der Waals surface area contributed by atoms with Crippen molar-refractivity contribution in [1.29, 1.82) is 0 Å². The molecule has 0 aliphatic heterocycles. The number of halogens is 1. The van der Waals surface area contributed by atoms with Crippen LogP contribution in [0.2, 0.25) is 0 Å². The van der Waals surface area contributed by atoms with Crippen molar-refractivity contribution in [2.45, 2.75) is 24.8 Å². The lowest BCUT2D eigenvalue weighted by Crippen LogP contribution is -2.05. The monoisotopic (exact) mass is 310 g/mol. The molecule has 1 nitrogen and oxygen atoms in total. The summed E-state index contributed by atoms with van der Waals surface area (Å²) in [5.41, 5.74) is 1.25. The predicted octanol–water partition coefficient (Wildman–Crippen LogP) is 5.02. The molecular formula is C14H15BrOS. The normalized spacial score (nSPS) is 12.7. The Kier molecular flexibility index (Phi) is 4.24. The molecular weight excluding hydrogens is 296 g/mol. The fourth-order valence-corrected chi connectivity index (χ4v) is 3.10. The molecule has 1 aromatic carbocycles. The van der Waals surface area contributed by atoms with Crippen molar-refractivity contribution in [3.05, 3.63) is 52.2 Å². The summed E-state index contributed by atoms with van der Waals surface area (Å²) < 4.78 is 5.63. The average Bonchev–Trinajstić information content (AvgIpc) is 2.82. The van der Waals surface area contributed by atoms with E-state index in [9.17, 15) is 0 Å². The zero-order valence-corrected chi connectivity index (χ0v) is 12.3. The number of ether oxygens (including phenoxy) is 1. The topological polar surface area (TPSA) is 9.23 Å². The van der Waals surface area contributed by atoms with E-state index in [1.807, 2.05) is 26.0 Å². The Morgan fingerprint density at radius 3 is 2.35 bits per heavy atom. The van der Waals surface area contributed by atoms with Crippen molar-refractivity contribution in [2.24, 2.45) is 0 Å². The van der Waals surface area contributed by atoms with Crippen molar-refractivity contribution in [3.63, 3.8) is 0 Å². The Bertz CT molecular complexity index is 448. The molecule has 1 aromatic heterocycles. The van der Waals surface area contributed by atoms with E-state index in [1.165, 1.54) is 10.4 Å². The number of hydrogen-bond acceptors (Lipinski definition) is 2. The minimum Gasteiger partial charge on any atom is -0.491 e. The molecule has 90 valence electrons. The highest BCUT2D eigenvalue weighted by Crippen LogP contribution is 2.34. The molecule has 0 radical (unpaired) electrons. The van der Waals surface area contributed by atoms with Gasteiger partial charge in [-0.05, 0) is 43.0 Å². The Morgan fingerprint density at radius 2 is 1.82 bits per heavy atom. The van der Waals surface area contributed by atoms with Crippen molar-refractivity contribution >= 4 is 27.3 Å². The maximum atomic E-state index is 5.63. The Hall–Kier alpha value is -0.800. The third-order valence-corrected chi connectivity index (χ3v) is 4.60. The van der Waals surface area contributed by atoms with E-state index in [-0.39, 0.29) is 10.9 Å². The van der Waals surface area contributed by atoms with Crippen LogP contribution in [0.3, 0.4) is 0 Å². The van der Waals surface area contributed by atoms with Crippen LogP contribution in [0.5, 0.6) is 5.75 Å². The van der Waals surface area contributed by atoms with Gasteiger partial charge in [-0.3, -0.25) is 0 Å². The van der Waals surface area contributed by atoms with Crippen LogP contribution < -0.4 is 4.74 Å². The van der Waals surface area contributed by atoms with Crippen molar-refractivity contribution in [3.8, 4) is 5.75 Å². The average molecular weight is 311 g/mol. The van der Waals surface area contributed by atoms with Gasteiger partial charge in [0.1, 0.15) is 5.75 Å². The largest absolute Gasteiger partial charge is 0.491 e. The number of benzene rings is 1. The summed E-state index contributed by atoms with van der Waals surface area (Å²) >= 11 is 5.48. The number of alkyl halides is 1. The Balaban J connectivity index is 2.12. The van der Waals surface area contributed by atoms with Crippen LogP contribution in [-0.2, 0) is 0 Å². The van der Waals surface area contributed by atoms with Gasteiger partial charge >= 0.3 is 0 Å². The maximum Gasteiger partial charge on any atom is 0.119 e. The van der Waals surface area contributed by atoms with E-state index in [2.05, 4.69) is 45.6 Å². The molecule has 0 aliphatic rings. The van der Waals surface area contributed by atoms with Gasteiger partial charge in [-0.25, -0.2) is 0 Å². The Labute approximate surface area is 115 Å². The van der Waals surface area contributed by atoms with E-state index in [4.69, 9.17) is 4.74 Å². The van der Waals surface area contributed by atoms with E-state index in [0.717, 1.165) is 5.75 Å². The molecule has 2 rings (SSSR count). The van der Waals surface area contributed by atoms with Gasteiger partial charge < -0.3 is 4.74 Å². The SMILES string of the molecule is CC(C)Oc1ccc(C(Br)c2cccs2)cc1. The molecule has 1 atom stereocenters. The zero-order valence-electron chi connectivity index (χ0n) is 9.89. The molecule has 0 spiro atoms.